The van der Waals surface area contributed by atoms with Gasteiger partial charge in [0.1, 0.15) is 5.82 Å². The Balaban J connectivity index is 2.14. The van der Waals surface area contributed by atoms with Crippen molar-refractivity contribution in [1.29, 1.82) is 0 Å². The van der Waals surface area contributed by atoms with Gasteiger partial charge in [-0.15, -0.1) is 0 Å². The fourth-order valence-electron chi connectivity index (χ4n) is 1.99. The van der Waals surface area contributed by atoms with Crippen LogP contribution in [0.2, 0.25) is 0 Å². The minimum Gasteiger partial charge on any atom is -0.493 e. The third kappa shape index (κ3) is 3.51. The number of para-hydroxylation sites is 1. The van der Waals surface area contributed by atoms with Crippen LogP contribution in [-0.2, 0) is 6.54 Å². The van der Waals surface area contributed by atoms with Crippen LogP contribution in [0.25, 0.3) is 0 Å². The van der Waals surface area contributed by atoms with Crippen molar-refractivity contribution < 1.29 is 18.7 Å². The Labute approximate surface area is 122 Å². The molecule has 110 valence electrons. The van der Waals surface area contributed by atoms with Crippen LogP contribution >= 0.6 is 0 Å². The zero-order valence-corrected chi connectivity index (χ0v) is 11.9. The molecule has 0 atom stereocenters. The van der Waals surface area contributed by atoms with Gasteiger partial charge in [0.05, 0.1) is 19.8 Å². The normalized spacial score (nSPS) is 10.0. The van der Waals surface area contributed by atoms with Crippen LogP contribution in [0.15, 0.2) is 42.5 Å². The molecule has 0 saturated heterocycles. The predicted molar refractivity (Wildman–Crippen MR) is 77.1 cm³/mol. The summed E-state index contributed by atoms with van der Waals surface area (Å²) in [5, 5.41) is 2.73. The highest BCUT2D eigenvalue weighted by Crippen LogP contribution is 2.30. The van der Waals surface area contributed by atoms with E-state index in [0.29, 0.717) is 22.6 Å². The standard InChI is InChI=1S/C16H16FNO3/c1-20-14-8-4-7-13(15(14)21-2)16(19)18-10-11-5-3-6-12(17)9-11/h3-9H,10H2,1-2H3,(H,18,19). The molecule has 0 heterocycles. The second-order valence-corrected chi connectivity index (χ2v) is 4.35. The molecule has 0 aromatic heterocycles. The van der Waals surface area contributed by atoms with Gasteiger partial charge in [0.15, 0.2) is 11.5 Å². The molecule has 2 aromatic carbocycles. The lowest BCUT2D eigenvalue weighted by atomic mass is 10.1. The summed E-state index contributed by atoms with van der Waals surface area (Å²) in [6.07, 6.45) is 0. The molecule has 0 bridgehead atoms. The third-order valence-corrected chi connectivity index (χ3v) is 2.99. The number of methoxy groups -OCH3 is 2. The number of hydrogen-bond acceptors (Lipinski definition) is 3. The molecule has 2 rings (SSSR count). The van der Waals surface area contributed by atoms with Crippen LogP contribution in [-0.4, -0.2) is 20.1 Å². The molecule has 5 heteroatoms. The second-order valence-electron chi connectivity index (χ2n) is 4.35. The number of halogens is 1. The van der Waals surface area contributed by atoms with Gasteiger partial charge in [-0.25, -0.2) is 4.39 Å². The Hall–Kier alpha value is -2.56. The lowest BCUT2D eigenvalue weighted by Crippen LogP contribution is -2.23. The number of carbonyl (C=O) groups excluding carboxylic acids is 1. The predicted octanol–water partition coefficient (Wildman–Crippen LogP) is 2.77. The number of ether oxygens (including phenoxy) is 2. The third-order valence-electron chi connectivity index (χ3n) is 2.99. The molecule has 0 saturated carbocycles. The molecule has 0 aliphatic rings. The molecule has 0 unspecified atom stereocenters. The van der Waals surface area contributed by atoms with Gasteiger partial charge in [-0.2, -0.15) is 0 Å². The van der Waals surface area contributed by atoms with E-state index in [1.54, 1.807) is 30.3 Å². The van der Waals surface area contributed by atoms with Crippen molar-refractivity contribution in [2.24, 2.45) is 0 Å². The van der Waals surface area contributed by atoms with Gasteiger partial charge in [-0.1, -0.05) is 18.2 Å². The highest BCUT2D eigenvalue weighted by Gasteiger charge is 2.15. The van der Waals surface area contributed by atoms with Crippen molar-refractivity contribution in [2.45, 2.75) is 6.54 Å². The summed E-state index contributed by atoms with van der Waals surface area (Å²) in [5.41, 5.74) is 1.05. The number of rotatable bonds is 5. The quantitative estimate of drug-likeness (QED) is 0.920. The number of amides is 1. The van der Waals surface area contributed by atoms with Crippen molar-refractivity contribution in [3.8, 4) is 11.5 Å². The lowest BCUT2D eigenvalue weighted by molar-refractivity contribution is 0.0947. The van der Waals surface area contributed by atoms with Gasteiger partial charge >= 0.3 is 0 Å². The summed E-state index contributed by atoms with van der Waals surface area (Å²) >= 11 is 0. The Bertz CT molecular complexity index is 643. The van der Waals surface area contributed by atoms with Gasteiger partial charge in [0, 0.05) is 6.54 Å². The summed E-state index contributed by atoms with van der Waals surface area (Å²) in [5.74, 6) is 0.211. The number of carbonyl (C=O) groups is 1. The molecule has 0 aliphatic heterocycles. The van der Waals surface area contributed by atoms with Crippen LogP contribution in [0, 0.1) is 5.82 Å². The first-order chi connectivity index (χ1) is 10.2. The first kappa shape index (κ1) is 14.8. The first-order valence-corrected chi connectivity index (χ1v) is 6.39. The van der Waals surface area contributed by atoms with Crippen molar-refractivity contribution in [3.05, 3.63) is 59.4 Å². The van der Waals surface area contributed by atoms with E-state index in [1.165, 1.54) is 26.4 Å². The zero-order chi connectivity index (χ0) is 15.2. The second kappa shape index (κ2) is 6.74. The topological polar surface area (TPSA) is 47.6 Å². The Morgan fingerprint density at radius 2 is 1.90 bits per heavy atom. The Morgan fingerprint density at radius 3 is 2.57 bits per heavy atom. The molecule has 1 N–H and O–H groups in total. The van der Waals surface area contributed by atoms with E-state index in [1.807, 2.05) is 0 Å². The van der Waals surface area contributed by atoms with Crippen LogP contribution in [0.3, 0.4) is 0 Å². The Morgan fingerprint density at radius 1 is 1.14 bits per heavy atom. The maximum absolute atomic E-state index is 13.1. The van der Waals surface area contributed by atoms with Crippen LogP contribution in [0.5, 0.6) is 11.5 Å². The van der Waals surface area contributed by atoms with Gasteiger partial charge in [-0.05, 0) is 29.8 Å². The summed E-state index contributed by atoms with van der Waals surface area (Å²) in [7, 11) is 2.98. The highest BCUT2D eigenvalue weighted by atomic mass is 19.1. The summed E-state index contributed by atoms with van der Waals surface area (Å²) < 4.78 is 23.4. The first-order valence-electron chi connectivity index (χ1n) is 6.39. The molecule has 21 heavy (non-hydrogen) atoms. The molecule has 4 nitrogen and oxygen atoms in total. The van der Waals surface area contributed by atoms with E-state index in [0.717, 1.165) is 0 Å². The molecule has 2 aromatic rings. The van der Waals surface area contributed by atoms with Crippen LogP contribution in [0.1, 0.15) is 15.9 Å². The average Bonchev–Trinajstić information content (AvgIpc) is 2.51. The molecule has 0 radical (unpaired) electrons. The van der Waals surface area contributed by atoms with Crippen LogP contribution < -0.4 is 14.8 Å². The molecule has 1 amide bonds. The molecular formula is C16H16FNO3. The van der Waals surface area contributed by atoms with Crippen molar-refractivity contribution >= 4 is 5.91 Å². The molecular weight excluding hydrogens is 273 g/mol. The van der Waals surface area contributed by atoms with Crippen molar-refractivity contribution in [3.63, 3.8) is 0 Å². The van der Waals surface area contributed by atoms with E-state index in [9.17, 15) is 9.18 Å². The minimum atomic E-state index is -0.333. The molecule has 0 spiro atoms. The van der Waals surface area contributed by atoms with Gasteiger partial charge in [0.2, 0.25) is 0 Å². The average molecular weight is 289 g/mol. The largest absolute Gasteiger partial charge is 0.493 e. The highest BCUT2D eigenvalue weighted by molar-refractivity contribution is 5.97. The SMILES string of the molecule is COc1cccc(C(=O)NCc2cccc(F)c2)c1OC. The molecule has 0 fully saturated rings. The fourth-order valence-corrected chi connectivity index (χ4v) is 1.99. The van der Waals surface area contributed by atoms with E-state index < -0.39 is 0 Å². The summed E-state index contributed by atoms with van der Waals surface area (Å²) in [6.45, 7) is 0.233. The number of nitrogens with one attached hydrogen (secondary N) is 1. The molecule has 0 aliphatic carbocycles. The maximum atomic E-state index is 13.1. The summed E-state index contributed by atoms with van der Waals surface area (Å²) in [6, 6.07) is 11.1. The Kier molecular flexibility index (Phi) is 4.77. The maximum Gasteiger partial charge on any atom is 0.255 e. The van der Waals surface area contributed by atoms with E-state index >= 15 is 0 Å². The fraction of sp³-hybridized carbons (Fsp3) is 0.188. The lowest BCUT2D eigenvalue weighted by Gasteiger charge is -2.12. The van der Waals surface area contributed by atoms with E-state index in [2.05, 4.69) is 5.32 Å². The smallest absolute Gasteiger partial charge is 0.255 e. The van der Waals surface area contributed by atoms with Gasteiger partial charge in [-0.3, -0.25) is 4.79 Å². The monoisotopic (exact) mass is 289 g/mol. The minimum absolute atomic E-state index is 0.233. The van der Waals surface area contributed by atoms with Crippen molar-refractivity contribution in [1.82, 2.24) is 5.32 Å². The van der Waals surface area contributed by atoms with Crippen molar-refractivity contribution in [2.75, 3.05) is 14.2 Å². The van der Waals surface area contributed by atoms with Crippen LogP contribution in [0.4, 0.5) is 4.39 Å². The zero-order valence-electron chi connectivity index (χ0n) is 11.9. The number of hydrogen-bond donors (Lipinski definition) is 1. The van der Waals surface area contributed by atoms with E-state index in [4.69, 9.17) is 9.47 Å². The number of benzene rings is 2. The van der Waals surface area contributed by atoms with Gasteiger partial charge < -0.3 is 14.8 Å². The van der Waals surface area contributed by atoms with Gasteiger partial charge in [0.25, 0.3) is 5.91 Å². The summed E-state index contributed by atoms with van der Waals surface area (Å²) in [4.78, 5) is 12.2. The van der Waals surface area contributed by atoms with E-state index in [-0.39, 0.29) is 18.3 Å².